The Morgan fingerprint density at radius 3 is 2.53 bits per heavy atom. The van der Waals surface area contributed by atoms with Crippen molar-refractivity contribution < 1.29 is 19.8 Å². The largest absolute Gasteiger partial charge is 0.481 e. The Morgan fingerprint density at radius 1 is 1.53 bits per heavy atom. The van der Waals surface area contributed by atoms with E-state index in [4.69, 9.17) is 15.9 Å². The van der Waals surface area contributed by atoms with E-state index >= 15 is 0 Å². The van der Waals surface area contributed by atoms with Crippen LogP contribution in [-0.4, -0.2) is 27.7 Å². The van der Waals surface area contributed by atoms with Crippen LogP contribution in [0.15, 0.2) is 23.8 Å². The standard InChI is InChI=1S/C10H13NO4/c1-6-4-7(9(14)15)2-3-10(6,11)5-8(12)13/h2-4,6H,5,11H2,1H3,(H,12,13)(H,14,15). The summed E-state index contributed by atoms with van der Waals surface area (Å²) in [5.74, 6) is -2.35. The Labute approximate surface area is 86.9 Å². The van der Waals surface area contributed by atoms with Crippen molar-refractivity contribution in [2.75, 3.05) is 0 Å². The van der Waals surface area contributed by atoms with Gasteiger partial charge in [0.2, 0.25) is 0 Å². The SMILES string of the molecule is CC1C=C(C(=O)O)C=CC1(N)CC(=O)O. The number of aliphatic carboxylic acids is 2. The summed E-state index contributed by atoms with van der Waals surface area (Å²) in [5, 5.41) is 17.4. The maximum absolute atomic E-state index is 10.7. The molecule has 0 bridgehead atoms. The van der Waals surface area contributed by atoms with Gasteiger partial charge in [0.15, 0.2) is 0 Å². The molecule has 4 N–H and O–H groups in total. The molecule has 1 aliphatic carbocycles. The van der Waals surface area contributed by atoms with Gasteiger partial charge < -0.3 is 15.9 Å². The highest BCUT2D eigenvalue weighted by atomic mass is 16.4. The number of carboxylic acids is 2. The van der Waals surface area contributed by atoms with Crippen LogP contribution in [0.2, 0.25) is 0 Å². The molecule has 0 aromatic heterocycles. The molecule has 0 radical (unpaired) electrons. The lowest BCUT2D eigenvalue weighted by atomic mass is 9.78. The molecule has 15 heavy (non-hydrogen) atoms. The summed E-state index contributed by atoms with van der Waals surface area (Å²) in [6.45, 7) is 1.70. The van der Waals surface area contributed by atoms with Gasteiger partial charge in [0.25, 0.3) is 0 Å². The zero-order chi connectivity index (χ0) is 11.6. The Balaban J connectivity index is 2.90. The van der Waals surface area contributed by atoms with Crippen molar-refractivity contribution in [3.05, 3.63) is 23.8 Å². The predicted octanol–water partition coefficient (Wildman–Crippen LogP) is 0.376. The van der Waals surface area contributed by atoms with Gasteiger partial charge in [-0.3, -0.25) is 4.79 Å². The fourth-order valence-corrected chi connectivity index (χ4v) is 1.50. The van der Waals surface area contributed by atoms with Crippen molar-refractivity contribution in [1.82, 2.24) is 0 Å². The molecule has 0 aromatic carbocycles. The van der Waals surface area contributed by atoms with E-state index in [1.807, 2.05) is 0 Å². The fraction of sp³-hybridized carbons (Fsp3) is 0.400. The fourth-order valence-electron chi connectivity index (χ4n) is 1.50. The maximum Gasteiger partial charge on any atom is 0.335 e. The molecule has 1 rings (SSSR count). The second-order valence-corrected chi connectivity index (χ2v) is 3.73. The monoisotopic (exact) mass is 211 g/mol. The molecule has 0 aliphatic heterocycles. The summed E-state index contributed by atoms with van der Waals surface area (Å²) in [7, 11) is 0. The first-order chi connectivity index (χ1) is 6.85. The summed E-state index contributed by atoms with van der Waals surface area (Å²) in [6, 6.07) is 0. The molecule has 0 amide bonds. The number of rotatable bonds is 3. The first-order valence-electron chi connectivity index (χ1n) is 4.50. The zero-order valence-corrected chi connectivity index (χ0v) is 8.30. The van der Waals surface area contributed by atoms with E-state index in [1.54, 1.807) is 6.92 Å². The van der Waals surface area contributed by atoms with Crippen LogP contribution in [0, 0.1) is 5.92 Å². The Morgan fingerprint density at radius 2 is 2.13 bits per heavy atom. The third-order valence-corrected chi connectivity index (χ3v) is 2.55. The van der Waals surface area contributed by atoms with Crippen LogP contribution < -0.4 is 5.73 Å². The number of carboxylic acid groups (broad SMARTS) is 2. The van der Waals surface area contributed by atoms with E-state index in [-0.39, 0.29) is 17.9 Å². The summed E-state index contributed by atoms with van der Waals surface area (Å²) in [6.07, 6.45) is 4.07. The molecule has 0 fully saturated rings. The lowest BCUT2D eigenvalue weighted by Gasteiger charge is -2.32. The minimum absolute atomic E-state index is 0.147. The molecule has 0 saturated carbocycles. The molecule has 5 nitrogen and oxygen atoms in total. The van der Waals surface area contributed by atoms with Crippen LogP contribution in [0.3, 0.4) is 0 Å². The van der Waals surface area contributed by atoms with Crippen molar-refractivity contribution in [1.29, 1.82) is 0 Å². The Hall–Kier alpha value is -1.62. The quantitative estimate of drug-likeness (QED) is 0.626. The third kappa shape index (κ3) is 2.44. The lowest BCUT2D eigenvalue weighted by Crippen LogP contribution is -2.46. The van der Waals surface area contributed by atoms with Crippen LogP contribution in [0.4, 0.5) is 0 Å². The van der Waals surface area contributed by atoms with E-state index in [2.05, 4.69) is 0 Å². The Bertz CT molecular complexity index is 358. The van der Waals surface area contributed by atoms with Crippen molar-refractivity contribution in [3.63, 3.8) is 0 Å². The minimum Gasteiger partial charge on any atom is -0.481 e. The number of nitrogens with two attached hydrogens (primary N) is 1. The van der Waals surface area contributed by atoms with Crippen LogP contribution in [-0.2, 0) is 9.59 Å². The molecular weight excluding hydrogens is 198 g/mol. The predicted molar refractivity (Wildman–Crippen MR) is 53.2 cm³/mol. The first-order valence-corrected chi connectivity index (χ1v) is 4.50. The van der Waals surface area contributed by atoms with E-state index in [0.29, 0.717) is 0 Å². The molecule has 5 heteroatoms. The lowest BCUT2D eigenvalue weighted by molar-refractivity contribution is -0.138. The topological polar surface area (TPSA) is 101 Å². The average molecular weight is 211 g/mol. The number of hydrogen-bond acceptors (Lipinski definition) is 3. The molecule has 1 aliphatic rings. The van der Waals surface area contributed by atoms with Crippen LogP contribution in [0.25, 0.3) is 0 Å². The van der Waals surface area contributed by atoms with Crippen LogP contribution in [0.1, 0.15) is 13.3 Å². The maximum atomic E-state index is 10.7. The van der Waals surface area contributed by atoms with Gasteiger partial charge in [0.1, 0.15) is 0 Å². The van der Waals surface area contributed by atoms with Gasteiger partial charge in [-0.2, -0.15) is 0 Å². The van der Waals surface area contributed by atoms with E-state index in [1.165, 1.54) is 18.2 Å². The second-order valence-electron chi connectivity index (χ2n) is 3.73. The van der Waals surface area contributed by atoms with Crippen LogP contribution in [0.5, 0.6) is 0 Å². The highest BCUT2D eigenvalue weighted by Gasteiger charge is 2.33. The van der Waals surface area contributed by atoms with E-state index < -0.39 is 17.5 Å². The average Bonchev–Trinajstić information content (AvgIpc) is 2.08. The van der Waals surface area contributed by atoms with Crippen molar-refractivity contribution in [3.8, 4) is 0 Å². The summed E-state index contributed by atoms with van der Waals surface area (Å²) >= 11 is 0. The van der Waals surface area contributed by atoms with Gasteiger partial charge in [-0.05, 0) is 5.92 Å². The van der Waals surface area contributed by atoms with Crippen molar-refractivity contribution in [2.45, 2.75) is 18.9 Å². The molecule has 2 unspecified atom stereocenters. The summed E-state index contributed by atoms with van der Waals surface area (Å²) < 4.78 is 0. The highest BCUT2D eigenvalue weighted by Crippen LogP contribution is 2.27. The van der Waals surface area contributed by atoms with E-state index in [0.717, 1.165) is 0 Å². The highest BCUT2D eigenvalue weighted by molar-refractivity contribution is 5.90. The molecule has 0 aromatic rings. The summed E-state index contributed by atoms with van der Waals surface area (Å²) in [4.78, 5) is 21.2. The molecular formula is C10H13NO4. The van der Waals surface area contributed by atoms with Gasteiger partial charge in [0, 0.05) is 0 Å². The van der Waals surface area contributed by atoms with Gasteiger partial charge in [0.05, 0.1) is 17.5 Å². The number of carbonyl (C=O) groups is 2. The Kier molecular flexibility index (Phi) is 2.95. The molecule has 0 spiro atoms. The zero-order valence-electron chi connectivity index (χ0n) is 8.30. The van der Waals surface area contributed by atoms with Gasteiger partial charge in [-0.1, -0.05) is 25.2 Å². The van der Waals surface area contributed by atoms with Gasteiger partial charge in [-0.15, -0.1) is 0 Å². The molecule has 2 atom stereocenters. The molecule has 0 saturated heterocycles. The third-order valence-electron chi connectivity index (χ3n) is 2.55. The minimum atomic E-state index is -1.03. The van der Waals surface area contributed by atoms with Crippen molar-refractivity contribution >= 4 is 11.9 Å². The first kappa shape index (κ1) is 11.5. The van der Waals surface area contributed by atoms with Gasteiger partial charge in [-0.25, -0.2) is 4.79 Å². The van der Waals surface area contributed by atoms with Crippen molar-refractivity contribution in [2.24, 2.45) is 11.7 Å². The van der Waals surface area contributed by atoms with Gasteiger partial charge >= 0.3 is 11.9 Å². The van der Waals surface area contributed by atoms with E-state index in [9.17, 15) is 9.59 Å². The normalized spacial score (nSPS) is 29.7. The summed E-state index contributed by atoms with van der Waals surface area (Å²) in [5.41, 5.74) is 5.01. The van der Waals surface area contributed by atoms with Crippen LogP contribution >= 0.6 is 0 Å². The second kappa shape index (κ2) is 3.86. The molecule has 82 valence electrons. The number of hydrogen-bond donors (Lipinski definition) is 3. The molecule has 0 heterocycles. The smallest absolute Gasteiger partial charge is 0.335 e.